The van der Waals surface area contributed by atoms with Gasteiger partial charge in [0, 0.05) is 34.8 Å². The topological polar surface area (TPSA) is 67.0 Å². The Bertz CT molecular complexity index is 726. The summed E-state index contributed by atoms with van der Waals surface area (Å²) >= 11 is 0. The number of sulfone groups is 1. The van der Waals surface area contributed by atoms with Gasteiger partial charge in [0.25, 0.3) is 0 Å². The molecule has 0 saturated heterocycles. The molecule has 0 spiro atoms. The molecule has 0 bridgehead atoms. The SMILES string of the molecule is CCC(=O)c1c(C)[nH]c2ccc(S(C)(=O)=O)cc12. The third-order valence-corrected chi connectivity index (χ3v) is 4.10. The van der Waals surface area contributed by atoms with Crippen LogP contribution in [0.5, 0.6) is 0 Å². The highest BCUT2D eigenvalue weighted by Crippen LogP contribution is 2.26. The summed E-state index contributed by atoms with van der Waals surface area (Å²) in [4.78, 5) is 15.2. The van der Waals surface area contributed by atoms with E-state index < -0.39 is 9.84 Å². The zero-order chi connectivity index (χ0) is 13.5. The second kappa shape index (κ2) is 4.24. The Morgan fingerprint density at radius 2 is 2.00 bits per heavy atom. The lowest BCUT2D eigenvalue weighted by atomic mass is 10.1. The number of benzene rings is 1. The number of nitrogens with one attached hydrogen (secondary N) is 1. The van der Waals surface area contributed by atoms with Gasteiger partial charge in [-0.2, -0.15) is 0 Å². The molecule has 5 heteroatoms. The zero-order valence-corrected chi connectivity index (χ0v) is 11.4. The maximum Gasteiger partial charge on any atom is 0.175 e. The van der Waals surface area contributed by atoms with Crippen molar-refractivity contribution < 1.29 is 13.2 Å². The summed E-state index contributed by atoms with van der Waals surface area (Å²) in [5.74, 6) is 0.0180. The lowest BCUT2D eigenvalue weighted by molar-refractivity contribution is 0.0989. The van der Waals surface area contributed by atoms with Gasteiger partial charge in [0.2, 0.25) is 0 Å². The first kappa shape index (κ1) is 12.8. The lowest BCUT2D eigenvalue weighted by Gasteiger charge is -2.00. The Morgan fingerprint density at radius 3 is 2.56 bits per heavy atom. The Morgan fingerprint density at radius 1 is 1.33 bits per heavy atom. The van der Waals surface area contributed by atoms with Crippen molar-refractivity contribution in [2.75, 3.05) is 6.26 Å². The van der Waals surface area contributed by atoms with Crippen LogP contribution < -0.4 is 0 Å². The number of aromatic amines is 1. The fourth-order valence-electron chi connectivity index (χ4n) is 2.07. The van der Waals surface area contributed by atoms with Crippen LogP contribution in [0.25, 0.3) is 10.9 Å². The van der Waals surface area contributed by atoms with Crippen molar-refractivity contribution in [1.82, 2.24) is 4.98 Å². The Hall–Kier alpha value is -1.62. The van der Waals surface area contributed by atoms with E-state index in [-0.39, 0.29) is 10.7 Å². The third-order valence-electron chi connectivity index (χ3n) is 2.99. The molecule has 2 rings (SSSR count). The van der Waals surface area contributed by atoms with E-state index in [9.17, 15) is 13.2 Å². The quantitative estimate of drug-likeness (QED) is 0.867. The predicted octanol–water partition coefficient (Wildman–Crippen LogP) is 2.47. The minimum atomic E-state index is -3.26. The van der Waals surface area contributed by atoms with E-state index in [1.807, 2.05) is 6.92 Å². The number of Topliss-reactive ketones (excluding diaryl/α,β-unsaturated/α-hetero) is 1. The molecule has 0 amide bonds. The van der Waals surface area contributed by atoms with Gasteiger partial charge < -0.3 is 4.98 Å². The van der Waals surface area contributed by atoms with Gasteiger partial charge in [0.05, 0.1) is 4.90 Å². The largest absolute Gasteiger partial charge is 0.358 e. The van der Waals surface area contributed by atoms with Gasteiger partial charge in [-0.15, -0.1) is 0 Å². The maximum absolute atomic E-state index is 11.9. The van der Waals surface area contributed by atoms with Gasteiger partial charge in [-0.05, 0) is 25.1 Å². The lowest BCUT2D eigenvalue weighted by Crippen LogP contribution is -1.99. The van der Waals surface area contributed by atoms with Gasteiger partial charge >= 0.3 is 0 Å². The zero-order valence-electron chi connectivity index (χ0n) is 10.6. The van der Waals surface area contributed by atoms with Crippen LogP contribution in [0, 0.1) is 6.92 Å². The smallest absolute Gasteiger partial charge is 0.175 e. The number of aryl methyl sites for hydroxylation is 1. The van der Waals surface area contributed by atoms with E-state index in [0.717, 1.165) is 17.5 Å². The molecule has 1 aromatic heterocycles. The van der Waals surface area contributed by atoms with Gasteiger partial charge in [0.1, 0.15) is 0 Å². The monoisotopic (exact) mass is 265 g/mol. The molecule has 0 atom stereocenters. The van der Waals surface area contributed by atoms with Crippen molar-refractivity contribution in [2.24, 2.45) is 0 Å². The van der Waals surface area contributed by atoms with E-state index in [2.05, 4.69) is 4.98 Å². The molecule has 18 heavy (non-hydrogen) atoms. The molecule has 0 unspecified atom stereocenters. The Balaban J connectivity index is 2.79. The molecule has 0 saturated carbocycles. The molecule has 96 valence electrons. The van der Waals surface area contributed by atoms with Crippen LogP contribution in [0.15, 0.2) is 23.1 Å². The summed E-state index contributed by atoms with van der Waals surface area (Å²) in [6, 6.07) is 4.82. The first-order valence-corrected chi connectivity index (χ1v) is 7.59. The summed E-state index contributed by atoms with van der Waals surface area (Å²) in [7, 11) is -3.26. The average Bonchev–Trinajstić information content (AvgIpc) is 2.61. The second-order valence-corrected chi connectivity index (χ2v) is 6.40. The molecule has 1 aromatic carbocycles. The number of ketones is 1. The van der Waals surface area contributed by atoms with E-state index in [0.29, 0.717) is 17.4 Å². The summed E-state index contributed by atoms with van der Waals surface area (Å²) in [5, 5.41) is 0.683. The Kier molecular flexibility index (Phi) is 3.02. The molecular weight excluding hydrogens is 250 g/mol. The molecule has 2 aromatic rings. The van der Waals surface area contributed by atoms with Gasteiger partial charge in [-0.1, -0.05) is 6.92 Å². The van der Waals surface area contributed by atoms with E-state index in [4.69, 9.17) is 0 Å². The Labute approximate surface area is 106 Å². The van der Waals surface area contributed by atoms with Gasteiger partial charge in [0.15, 0.2) is 15.6 Å². The van der Waals surface area contributed by atoms with Crippen molar-refractivity contribution >= 4 is 26.5 Å². The minimum absolute atomic E-state index is 0.0180. The third kappa shape index (κ3) is 2.06. The van der Waals surface area contributed by atoms with Crippen molar-refractivity contribution in [3.05, 3.63) is 29.5 Å². The number of hydrogen-bond donors (Lipinski definition) is 1. The van der Waals surface area contributed by atoms with Crippen molar-refractivity contribution in [3.63, 3.8) is 0 Å². The number of hydrogen-bond acceptors (Lipinski definition) is 3. The molecule has 1 N–H and O–H groups in total. The summed E-state index contributed by atoms with van der Waals surface area (Å²) in [5.41, 5.74) is 2.16. The van der Waals surface area contributed by atoms with Crippen LogP contribution in [0.2, 0.25) is 0 Å². The van der Waals surface area contributed by atoms with Crippen molar-refractivity contribution in [3.8, 4) is 0 Å². The number of carbonyl (C=O) groups excluding carboxylic acids is 1. The normalized spacial score (nSPS) is 11.9. The van der Waals surface area contributed by atoms with Crippen LogP contribution in [-0.2, 0) is 9.84 Å². The van der Waals surface area contributed by atoms with Crippen LogP contribution in [0.3, 0.4) is 0 Å². The van der Waals surface area contributed by atoms with Crippen molar-refractivity contribution in [1.29, 1.82) is 0 Å². The predicted molar refractivity (Wildman–Crippen MR) is 70.8 cm³/mol. The number of carbonyl (C=O) groups is 1. The molecule has 0 radical (unpaired) electrons. The highest BCUT2D eigenvalue weighted by molar-refractivity contribution is 7.90. The number of aromatic nitrogens is 1. The van der Waals surface area contributed by atoms with Gasteiger partial charge in [-0.25, -0.2) is 8.42 Å². The van der Waals surface area contributed by atoms with E-state index in [1.54, 1.807) is 25.1 Å². The highest BCUT2D eigenvalue weighted by atomic mass is 32.2. The number of fused-ring (bicyclic) bond motifs is 1. The van der Waals surface area contributed by atoms with Crippen LogP contribution in [0.4, 0.5) is 0 Å². The van der Waals surface area contributed by atoms with Crippen LogP contribution in [0.1, 0.15) is 29.4 Å². The summed E-state index contributed by atoms with van der Waals surface area (Å²) in [6.45, 7) is 3.62. The van der Waals surface area contributed by atoms with Crippen LogP contribution in [-0.4, -0.2) is 25.4 Å². The summed E-state index contributed by atoms with van der Waals surface area (Å²) < 4.78 is 23.1. The van der Waals surface area contributed by atoms with E-state index in [1.165, 1.54) is 0 Å². The molecule has 4 nitrogen and oxygen atoms in total. The highest BCUT2D eigenvalue weighted by Gasteiger charge is 2.16. The van der Waals surface area contributed by atoms with Crippen LogP contribution >= 0.6 is 0 Å². The maximum atomic E-state index is 11.9. The first-order valence-electron chi connectivity index (χ1n) is 5.70. The van der Waals surface area contributed by atoms with Gasteiger partial charge in [-0.3, -0.25) is 4.79 Å². The molecule has 1 heterocycles. The number of rotatable bonds is 3. The van der Waals surface area contributed by atoms with E-state index >= 15 is 0 Å². The molecule has 0 aliphatic carbocycles. The average molecular weight is 265 g/mol. The van der Waals surface area contributed by atoms with Crippen molar-refractivity contribution in [2.45, 2.75) is 25.2 Å². The second-order valence-electron chi connectivity index (χ2n) is 4.38. The molecular formula is C13H15NO3S. The number of H-pyrrole nitrogens is 1. The first-order chi connectivity index (χ1) is 8.34. The summed E-state index contributed by atoms with van der Waals surface area (Å²) in [6.07, 6.45) is 1.56. The molecule has 0 aliphatic heterocycles. The molecule has 0 fully saturated rings. The standard InChI is InChI=1S/C13H15NO3S/c1-4-12(15)13-8(2)14-11-6-5-9(7-10(11)13)18(3,16)17/h5-7,14H,4H2,1-3H3. The minimum Gasteiger partial charge on any atom is -0.358 e. The fourth-order valence-corrected chi connectivity index (χ4v) is 2.72. The molecule has 0 aliphatic rings. The fraction of sp³-hybridized carbons (Fsp3) is 0.308.